The first-order valence-electron chi connectivity index (χ1n) is 4.35. The van der Waals surface area contributed by atoms with Crippen molar-refractivity contribution in [1.29, 1.82) is 0 Å². The second-order valence-electron chi connectivity index (χ2n) is 3.48. The first-order valence-corrected chi connectivity index (χ1v) is 4.35. The van der Waals surface area contributed by atoms with Crippen molar-refractivity contribution < 1.29 is 5.11 Å². The number of nitrogens with one attached hydrogen (secondary N) is 2. The molecule has 1 aliphatic rings. The summed E-state index contributed by atoms with van der Waals surface area (Å²) >= 11 is 0. The summed E-state index contributed by atoms with van der Waals surface area (Å²) < 4.78 is 0. The zero-order valence-corrected chi connectivity index (χ0v) is 7.30. The summed E-state index contributed by atoms with van der Waals surface area (Å²) in [7, 11) is 0. The molecule has 0 aromatic heterocycles. The molecule has 1 heterocycles. The first-order chi connectivity index (χ1) is 5.20. The highest BCUT2D eigenvalue weighted by molar-refractivity contribution is 4.85. The molecule has 1 saturated heterocycles. The van der Waals surface area contributed by atoms with Gasteiger partial charge in [-0.2, -0.15) is 0 Å². The van der Waals surface area contributed by atoms with Gasteiger partial charge in [0.25, 0.3) is 0 Å². The fraction of sp³-hybridized carbons (Fsp3) is 1.00. The summed E-state index contributed by atoms with van der Waals surface area (Å²) in [4.78, 5) is 0. The molecular formula is C8H18N2O. The van der Waals surface area contributed by atoms with Crippen LogP contribution < -0.4 is 10.6 Å². The van der Waals surface area contributed by atoms with Crippen LogP contribution in [0.2, 0.25) is 0 Å². The molecule has 0 amide bonds. The van der Waals surface area contributed by atoms with Crippen molar-refractivity contribution in [1.82, 2.24) is 10.6 Å². The van der Waals surface area contributed by atoms with Gasteiger partial charge in [-0.25, -0.2) is 0 Å². The summed E-state index contributed by atoms with van der Waals surface area (Å²) in [6.07, 6.45) is 0.742. The van der Waals surface area contributed by atoms with E-state index < -0.39 is 0 Å². The van der Waals surface area contributed by atoms with Crippen LogP contribution in [0.15, 0.2) is 0 Å². The molecule has 3 N–H and O–H groups in total. The van der Waals surface area contributed by atoms with E-state index in [4.69, 9.17) is 0 Å². The lowest BCUT2D eigenvalue weighted by molar-refractivity contribution is 0.157. The quantitative estimate of drug-likeness (QED) is 0.529. The second-order valence-corrected chi connectivity index (χ2v) is 3.48. The molecule has 2 atom stereocenters. The molecule has 0 saturated carbocycles. The third-order valence-corrected chi connectivity index (χ3v) is 2.06. The smallest absolute Gasteiger partial charge is 0.0717 e. The fourth-order valence-corrected chi connectivity index (χ4v) is 1.32. The molecule has 3 nitrogen and oxygen atoms in total. The molecule has 66 valence electrons. The largest absolute Gasteiger partial charge is 0.391 e. The van der Waals surface area contributed by atoms with Crippen LogP contribution in [-0.4, -0.2) is 36.4 Å². The van der Waals surface area contributed by atoms with Crippen LogP contribution in [0.4, 0.5) is 0 Å². The number of rotatable bonds is 3. The Morgan fingerprint density at radius 1 is 1.64 bits per heavy atom. The topological polar surface area (TPSA) is 44.3 Å². The van der Waals surface area contributed by atoms with Crippen molar-refractivity contribution in [2.75, 3.05) is 13.1 Å². The monoisotopic (exact) mass is 158 g/mol. The average Bonchev–Trinajstić information content (AvgIpc) is 2.31. The van der Waals surface area contributed by atoms with Gasteiger partial charge >= 0.3 is 0 Å². The van der Waals surface area contributed by atoms with Crippen molar-refractivity contribution in [2.24, 2.45) is 0 Å². The van der Waals surface area contributed by atoms with Crippen molar-refractivity contribution in [3.8, 4) is 0 Å². The third-order valence-electron chi connectivity index (χ3n) is 2.06. The molecule has 11 heavy (non-hydrogen) atoms. The Balaban J connectivity index is 2.15. The van der Waals surface area contributed by atoms with E-state index in [1.807, 2.05) is 0 Å². The highest BCUT2D eigenvalue weighted by Gasteiger charge is 2.23. The zero-order valence-electron chi connectivity index (χ0n) is 7.30. The Kier molecular flexibility index (Phi) is 3.30. The minimum atomic E-state index is -0.152. The summed E-state index contributed by atoms with van der Waals surface area (Å²) in [5, 5.41) is 15.9. The van der Waals surface area contributed by atoms with Crippen LogP contribution in [0.3, 0.4) is 0 Å². The van der Waals surface area contributed by atoms with Gasteiger partial charge in [0.15, 0.2) is 0 Å². The van der Waals surface area contributed by atoms with Gasteiger partial charge in [-0.3, -0.25) is 0 Å². The number of hydrogen-bond acceptors (Lipinski definition) is 3. The zero-order chi connectivity index (χ0) is 8.27. The minimum absolute atomic E-state index is 0.152. The summed E-state index contributed by atoms with van der Waals surface area (Å²) in [6.45, 7) is 6.05. The van der Waals surface area contributed by atoms with Crippen molar-refractivity contribution >= 4 is 0 Å². The molecule has 3 heteroatoms. The Labute approximate surface area is 68.2 Å². The molecule has 0 aromatic carbocycles. The maximum absolute atomic E-state index is 9.40. The highest BCUT2D eigenvalue weighted by Crippen LogP contribution is 2.05. The predicted octanol–water partition coefficient (Wildman–Crippen LogP) is -0.293. The van der Waals surface area contributed by atoms with Gasteiger partial charge in [-0.1, -0.05) is 13.8 Å². The Bertz CT molecular complexity index is 117. The van der Waals surface area contributed by atoms with Gasteiger partial charge < -0.3 is 15.7 Å². The SMILES string of the molecule is CC(C)NCC1NCCC1O. The summed E-state index contributed by atoms with van der Waals surface area (Å²) in [6, 6.07) is 0.766. The second kappa shape index (κ2) is 4.04. The van der Waals surface area contributed by atoms with E-state index in [9.17, 15) is 5.11 Å². The summed E-state index contributed by atoms with van der Waals surface area (Å²) in [5.74, 6) is 0. The van der Waals surface area contributed by atoms with Gasteiger partial charge in [-0.15, -0.1) is 0 Å². The van der Waals surface area contributed by atoms with Crippen LogP contribution in [0.25, 0.3) is 0 Å². The van der Waals surface area contributed by atoms with Crippen LogP contribution >= 0.6 is 0 Å². The average molecular weight is 158 g/mol. The fourth-order valence-electron chi connectivity index (χ4n) is 1.32. The molecular weight excluding hydrogens is 140 g/mol. The van der Waals surface area contributed by atoms with Gasteiger partial charge in [0.05, 0.1) is 6.10 Å². The van der Waals surface area contributed by atoms with Crippen LogP contribution in [0.1, 0.15) is 20.3 Å². The standard InChI is InChI=1S/C8H18N2O/c1-6(2)10-5-7-8(11)3-4-9-7/h6-11H,3-5H2,1-2H3. The predicted molar refractivity (Wildman–Crippen MR) is 45.6 cm³/mol. The molecule has 0 spiro atoms. The van der Waals surface area contributed by atoms with E-state index >= 15 is 0 Å². The lowest BCUT2D eigenvalue weighted by atomic mass is 10.2. The molecule has 1 fully saturated rings. The number of aliphatic hydroxyl groups excluding tert-OH is 1. The Morgan fingerprint density at radius 3 is 2.82 bits per heavy atom. The molecule has 0 aliphatic carbocycles. The lowest BCUT2D eigenvalue weighted by Crippen LogP contribution is -2.42. The van der Waals surface area contributed by atoms with E-state index in [1.165, 1.54) is 0 Å². The van der Waals surface area contributed by atoms with Crippen molar-refractivity contribution in [3.63, 3.8) is 0 Å². The minimum Gasteiger partial charge on any atom is -0.391 e. The van der Waals surface area contributed by atoms with Gasteiger partial charge in [0, 0.05) is 18.6 Å². The Morgan fingerprint density at radius 2 is 2.36 bits per heavy atom. The molecule has 1 rings (SSSR count). The molecule has 2 unspecified atom stereocenters. The normalized spacial score (nSPS) is 31.6. The number of aliphatic hydroxyl groups is 1. The van der Waals surface area contributed by atoms with E-state index in [1.54, 1.807) is 0 Å². The first kappa shape index (κ1) is 8.97. The van der Waals surface area contributed by atoms with Crippen molar-refractivity contribution in [3.05, 3.63) is 0 Å². The van der Waals surface area contributed by atoms with Crippen LogP contribution in [-0.2, 0) is 0 Å². The maximum Gasteiger partial charge on any atom is 0.0717 e. The van der Waals surface area contributed by atoms with E-state index in [0.717, 1.165) is 19.5 Å². The van der Waals surface area contributed by atoms with Crippen LogP contribution in [0.5, 0.6) is 0 Å². The lowest BCUT2D eigenvalue weighted by Gasteiger charge is -2.17. The third kappa shape index (κ3) is 2.77. The van der Waals surface area contributed by atoms with E-state index in [0.29, 0.717) is 6.04 Å². The molecule has 0 bridgehead atoms. The van der Waals surface area contributed by atoms with Crippen molar-refractivity contribution in [2.45, 2.75) is 38.5 Å². The van der Waals surface area contributed by atoms with Gasteiger partial charge in [0.2, 0.25) is 0 Å². The summed E-state index contributed by atoms with van der Waals surface area (Å²) in [5.41, 5.74) is 0. The Hall–Kier alpha value is -0.120. The molecule has 0 radical (unpaired) electrons. The van der Waals surface area contributed by atoms with Crippen LogP contribution in [0, 0.1) is 0 Å². The molecule has 1 aliphatic heterocycles. The molecule has 0 aromatic rings. The highest BCUT2D eigenvalue weighted by atomic mass is 16.3. The van der Waals surface area contributed by atoms with E-state index in [2.05, 4.69) is 24.5 Å². The maximum atomic E-state index is 9.40. The van der Waals surface area contributed by atoms with Gasteiger partial charge in [0.1, 0.15) is 0 Å². The van der Waals surface area contributed by atoms with E-state index in [-0.39, 0.29) is 12.1 Å². The number of hydrogen-bond donors (Lipinski definition) is 3. The van der Waals surface area contributed by atoms with Gasteiger partial charge in [-0.05, 0) is 13.0 Å².